The van der Waals surface area contributed by atoms with Gasteiger partial charge in [0.05, 0.1) is 5.69 Å². The molecule has 2 aromatic rings. The molecule has 0 atom stereocenters. The van der Waals surface area contributed by atoms with Crippen molar-refractivity contribution in [2.75, 3.05) is 12.3 Å². The number of nitrogens with zero attached hydrogens (tertiary/aromatic N) is 1. The monoisotopic (exact) mass is 295 g/mol. The lowest BCUT2D eigenvalue weighted by atomic mass is 10.2. The summed E-state index contributed by atoms with van der Waals surface area (Å²) in [5.74, 6) is -0.646. The molecule has 106 valence electrons. The van der Waals surface area contributed by atoms with Gasteiger partial charge in [0.1, 0.15) is 10.7 Å². The number of nitrogen functional groups attached to an aromatic ring is 1. The molecule has 7 heteroatoms. The molecule has 0 unspecified atom stereocenters. The van der Waals surface area contributed by atoms with Gasteiger partial charge in [-0.2, -0.15) is 0 Å². The van der Waals surface area contributed by atoms with Gasteiger partial charge in [-0.05, 0) is 36.2 Å². The number of benzene rings is 1. The van der Waals surface area contributed by atoms with Crippen molar-refractivity contribution in [3.8, 4) is 0 Å². The van der Waals surface area contributed by atoms with E-state index in [0.717, 1.165) is 17.7 Å². The number of nitrogens with two attached hydrogens (primary N) is 1. The maximum absolute atomic E-state index is 13.1. The Bertz CT molecular complexity index is 690. The molecule has 1 aromatic carbocycles. The van der Waals surface area contributed by atoms with Crippen molar-refractivity contribution in [1.82, 2.24) is 9.71 Å². The zero-order valence-electron chi connectivity index (χ0n) is 10.6. The number of nitrogens with one attached hydrogen (secondary N) is 1. The van der Waals surface area contributed by atoms with Crippen LogP contribution in [0, 0.1) is 5.82 Å². The molecule has 0 aliphatic heterocycles. The lowest BCUT2D eigenvalue weighted by Gasteiger charge is -2.09. The van der Waals surface area contributed by atoms with Crippen molar-refractivity contribution in [1.29, 1.82) is 0 Å². The smallest absolute Gasteiger partial charge is 0.242 e. The molecule has 0 saturated carbocycles. The van der Waals surface area contributed by atoms with Crippen molar-refractivity contribution in [2.24, 2.45) is 0 Å². The van der Waals surface area contributed by atoms with Crippen LogP contribution in [0.15, 0.2) is 47.6 Å². The lowest BCUT2D eigenvalue weighted by molar-refractivity contribution is 0.578. The van der Waals surface area contributed by atoms with E-state index >= 15 is 0 Å². The third-order valence-electron chi connectivity index (χ3n) is 2.69. The summed E-state index contributed by atoms with van der Waals surface area (Å²) in [5.41, 5.74) is 6.48. The van der Waals surface area contributed by atoms with Crippen molar-refractivity contribution in [3.05, 3.63) is 54.1 Å². The van der Waals surface area contributed by atoms with Crippen LogP contribution in [-0.4, -0.2) is 19.9 Å². The Morgan fingerprint density at radius 1 is 1.30 bits per heavy atom. The van der Waals surface area contributed by atoms with E-state index in [4.69, 9.17) is 5.73 Å². The lowest BCUT2D eigenvalue weighted by Crippen LogP contribution is -2.26. The molecule has 3 N–H and O–H groups in total. The number of aromatic nitrogens is 1. The van der Waals surface area contributed by atoms with E-state index < -0.39 is 15.8 Å². The van der Waals surface area contributed by atoms with Gasteiger partial charge in [0.2, 0.25) is 10.0 Å². The van der Waals surface area contributed by atoms with Crippen molar-refractivity contribution in [2.45, 2.75) is 11.3 Å². The highest BCUT2D eigenvalue weighted by molar-refractivity contribution is 7.89. The van der Waals surface area contributed by atoms with E-state index in [1.807, 2.05) is 6.07 Å². The normalized spacial score (nSPS) is 11.4. The Kier molecular flexibility index (Phi) is 4.31. The molecular weight excluding hydrogens is 281 g/mol. The van der Waals surface area contributed by atoms with Crippen molar-refractivity contribution < 1.29 is 12.8 Å². The molecule has 1 aromatic heterocycles. The van der Waals surface area contributed by atoms with Crippen LogP contribution in [0.5, 0.6) is 0 Å². The van der Waals surface area contributed by atoms with E-state index in [1.165, 1.54) is 6.07 Å². The number of anilines is 1. The molecule has 0 bridgehead atoms. The third kappa shape index (κ3) is 3.52. The highest BCUT2D eigenvalue weighted by Crippen LogP contribution is 2.18. The van der Waals surface area contributed by atoms with Crippen LogP contribution in [0.3, 0.4) is 0 Å². The van der Waals surface area contributed by atoms with Crippen LogP contribution in [-0.2, 0) is 16.4 Å². The Balaban J connectivity index is 2.06. The second-order valence-corrected chi connectivity index (χ2v) is 5.93. The quantitative estimate of drug-likeness (QED) is 0.815. The molecule has 0 radical (unpaired) electrons. The standard InChI is InChI=1S/C13H14FN3O2S/c14-11-3-4-12(15)13(8-11)20(18,19)17-7-5-10-2-1-6-16-9-10/h1-4,6,8-9,17H,5,7,15H2. The molecule has 0 saturated heterocycles. The maximum atomic E-state index is 13.1. The molecule has 20 heavy (non-hydrogen) atoms. The average Bonchev–Trinajstić information content (AvgIpc) is 2.42. The van der Waals surface area contributed by atoms with Crippen LogP contribution in [0.2, 0.25) is 0 Å². The summed E-state index contributed by atoms with van der Waals surface area (Å²) in [6, 6.07) is 6.86. The molecule has 0 fully saturated rings. The number of hydrogen-bond acceptors (Lipinski definition) is 4. The maximum Gasteiger partial charge on any atom is 0.242 e. The number of hydrogen-bond donors (Lipinski definition) is 2. The molecule has 0 aliphatic rings. The zero-order valence-corrected chi connectivity index (χ0v) is 11.4. The molecular formula is C13H14FN3O2S. The fraction of sp³-hybridized carbons (Fsp3) is 0.154. The number of sulfonamides is 1. The molecule has 2 rings (SSSR count). The zero-order chi connectivity index (χ0) is 14.6. The van der Waals surface area contributed by atoms with Gasteiger partial charge in [-0.1, -0.05) is 6.07 Å². The molecule has 1 heterocycles. The summed E-state index contributed by atoms with van der Waals surface area (Å²) in [6.07, 6.45) is 3.79. The Morgan fingerprint density at radius 2 is 2.10 bits per heavy atom. The topological polar surface area (TPSA) is 85.1 Å². The molecule has 0 spiro atoms. The van der Waals surface area contributed by atoms with Crippen molar-refractivity contribution in [3.63, 3.8) is 0 Å². The van der Waals surface area contributed by atoms with Gasteiger partial charge in [0, 0.05) is 18.9 Å². The van der Waals surface area contributed by atoms with E-state index in [-0.39, 0.29) is 17.1 Å². The Morgan fingerprint density at radius 3 is 2.80 bits per heavy atom. The van der Waals surface area contributed by atoms with Crippen molar-refractivity contribution >= 4 is 15.7 Å². The summed E-state index contributed by atoms with van der Waals surface area (Å²) in [5, 5.41) is 0. The number of pyridine rings is 1. The van der Waals surface area contributed by atoms with Gasteiger partial charge in [-0.3, -0.25) is 4.98 Å². The largest absolute Gasteiger partial charge is 0.398 e. The highest BCUT2D eigenvalue weighted by Gasteiger charge is 2.17. The van der Waals surface area contributed by atoms with Gasteiger partial charge in [-0.25, -0.2) is 17.5 Å². The fourth-order valence-corrected chi connectivity index (χ4v) is 2.87. The van der Waals surface area contributed by atoms with Gasteiger partial charge >= 0.3 is 0 Å². The van der Waals surface area contributed by atoms with Gasteiger partial charge in [0.25, 0.3) is 0 Å². The van der Waals surface area contributed by atoms with Crippen LogP contribution < -0.4 is 10.5 Å². The first-order chi connectivity index (χ1) is 9.49. The number of halogens is 1. The Labute approximate surface area is 116 Å². The second-order valence-electron chi connectivity index (χ2n) is 4.19. The summed E-state index contributed by atoms with van der Waals surface area (Å²) in [7, 11) is -3.82. The van der Waals surface area contributed by atoms with E-state index in [2.05, 4.69) is 9.71 Å². The SMILES string of the molecule is Nc1ccc(F)cc1S(=O)(=O)NCCc1cccnc1. The second kappa shape index (κ2) is 5.98. The van der Waals surface area contributed by atoms with Gasteiger partial charge in [-0.15, -0.1) is 0 Å². The first kappa shape index (κ1) is 14.4. The van der Waals surface area contributed by atoms with Gasteiger partial charge < -0.3 is 5.73 Å². The third-order valence-corrected chi connectivity index (χ3v) is 4.21. The minimum absolute atomic E-state index is 0.0141. The van der Waals surface area contributed by atoms with Crippen LogP contribution >= 0.6 is 0 Å². The molecule has 5 nitrogen and oxygen atoms in total. The highest BCUT2D eigenvalue weighted by atomic mass is 32.2. The minimum Gasteiger partial charge on any atom is -0.398 e. The van der Waals surface area contributed by atoms with Crippen LogP contribution in [0.1, 0.15) is 5.56 Å². The summed E-state index contributed by atoms with van der Waals surface area (Å²) >= 11 is 0. The minimum atomic E-state index is -3.82. The first-order valence-corrected chi connectivity index (χ1v) is 7.41. The Hall–Kier alpha value is -1.99. The predicted molar refractivity (Wildman–Crippen MR) is 73.9 cm³/mol. The summed E-state index contributed by atoms with van der Waals surface area (Å²) in [4.78, 5) is 3.69. The summed E-state index contributed by atoms with van der Waals surface area (Å²) < 4.78 is 39.5. The van der Waals surface area contributed by atoms with E-state index in [0.29, 0.717) is 6.42 Å². The predicted octanol–water partition coefficient (Wildman–Crippen LogP) is 1.32. The summed E-state index contributed by atoms with van der Waals surface area (Å²) in [6.45, 7) is 0.185. The van der Waals surface area contributed by atoms with Crippen LogP contribution in [0.4, 0.5) is 10.1 Å². The van der Waals surface area contributed by atoms with E-state index in [1.54, 1.807) is 18.5 Å². The average molecular weight is 295 g/mol. The van der Waals surface area contributed by atoms with Crippen LogP contribution in [0.25, 0.3) is 0 Å². The fourth-order valence-electron chi connectivity index (χ4n) is 1.69. The molecule has 0 amide bonds. The van der Waals surface area contributed by atoms with Gasteiger partial charge in [0.15, 0.2) is 0 Å². The first-order valence-electron chi connectivity index (χ1n) is 5.92. The molecule has 0 aliphatic carbocycles. The number of rotatable bonds is 5. The van der Waals surface area contributed by atoms with E-state index in [9.17, 15) is 12.8 Å².